The van der Waals surface area contributed by atoms with E-state index in [-0.39, 0.29) is 10.8 Å². The summed E-state index contributed by atoms with van der Waals surface area (Å²) in [5.74, 6) is 0. The van der Waals surface area contributed by atoms with Gasteiger partial charge in [-0.3, -0.25) is 0 Å². The Morgan fingerprint density at radius 1 is 0.429 bits per heavy atom. The minimum absolute atomic E-state index is 0.0811. The van der Waals surface area contributed by atoms with Crippen LogP contribution in [0.15, 0.2) is 78.9 Å². The number of hydrogen-bond acceptors (Lipinski definition) is 1. The van der Waals surface area contributed by atoms with Gasteiger partial charge >= 0.3 is 0 Å². The summed E-state index contributed by atoms with van der Waals surface area (Å²) < 4.78 is 0. The number of aliphatic hydroxyl groups is 1. The molecule has 0 heterocycles. The van der Waals surface area contributed by atoms with Crippen LogP contribution in [0.4, 0.5) is 0 Å². The zero-order valence-corrected chi connectivity index (χ0v) is 18.0. The first-order valence-electron chi connectivity index (χ1n) is 10.0. The smallest absolute Gasteiger partial charge is 0.140 e. The topological polar surface area (TPSA) is 20.2 Å². The standard InChI is InChI=1S/C27H32O/c1-25(2,3)20-12-16-23(17-13-20)27(28,22-10-8-7-9-11-22)24-18-14-21(15-19-24)26(4,5)6/h7-19,28H,1-6H3. The summed E-state index contributed by atoms with van der Waals surface area (Å²) in [5.41, 5.74) is 4.14. The highest BCUT2D eigenvalue weighted by Crippen LogP contribution is 2.38. The Morgan fingerprint density at radius 2 is 0.714 bits per heavy atom. The molecule has 0 aliphatic carbocycles. The highest BCUT2D eigenvalue weighted by Gasteiger charge is 2.34. The Morgan fingerprint density at radius 3 is 1.04 bits per heavy atom. The van der Waals surface area contributed by atoms with Gasteiger partial charge in [0, 0.05) is 0 Å². The third kappa shape index (κ3) is 3.91. The van der Waals surface area contributed by atoms with Gasteiger partial charge in [0.25, 0.3) is 0 Å². The van der Waals surface area contributed by atoms with Gasteiger partial charge in [0.1, 0.15) is 5.60 Å². The molecule has 28 heavy (non-hydrogen) atoms. The van der Waals surface area contributed by atoms with E-state index in [0.717, 1.165) is 16.7 Å². The van der Waals surface area contributed by atoms with Gasteiger partial charge in [-0.15, -0.1) is 0 Å². The molecule has 0 bridgehead atoms. The first-order valence-corrected chi connectivity index (χ1v) is 10.0. The molecule has 1 heteroatoms. The number of benzene rings is 3. The molecule has 0 fully saturated rings. The van der Waals surface area contributed by atoms with Gasteiger partial charge in [0.05, 0.1) is 0 Å². The summed E-state index contributed by atoms with van der Waals surface area (Å²) in [7, 11) is 0. The lowest BCUT2D eigenvalue weighted by Crippen LogP contribution is -2.29. The second-order valence-corrected chi connectivity index (χ2v) is 9.73. The SMILES string of the molecule is CC(C)(C)c1ccc(C(O)(c2ccccc2)c2ccc(C(C)(C)C)cc2)cc1. The Balaban J connectivity index is 2.14. The Bertz CT molecular complexity index is 848. The van der Waals surface area contributed by atoms with Gasteiger partial charge in [-0.05, 0) is 38.6 Å². The van der Waals surface area contributed by atoms with E-state index in [0.29, 0.717) is 0 Å². The van der Waals surface area contributed by atoms with Crippen molar-refractivity contribution in [1.82, 2.24) is 0 Å². The monoisotopic (exact) mass is 372 g/mol. The van der Waals surface area contributed by atoms with Crippen LogP contribution in [0.25, 0.3) is 0 Å². The Hall–Kier alpha value is -2.38. The first-order chi connectivity index (χ1) is 13.0. The van der Waals surface area contributed by atoms with Crippen LogP contribution < -0.4 is 0 Å². The van der Waals surface area contributed by atoms with Crippen molar-refractivity contribution >= 4 is 0 Å². The molecule has 3 rings (SSSR count). The second kappa shape index (κ2) is 7.22. The average molecular weight is 373 g/mol. The molecule has 146 valence electrons. The predicted octanol–water partition coefficient (Wildman–Crippen LogP) is 6.57. The molecule has 1 N–H and O–H groups in total. The average Bonchev–Trinajstić information content (AvgIpc) is 2.67. The van der Waals surface area contributed by atoms with Crippen LogP contribution in [-0.4, -0.2) is 5.11 Å². The molecular weight excluding hydrogens is 340 g/mol. The maximum Gasteiger partial charge on any atom is 0.140 e. The maximum atomic E-state index is 12.0. The largest absolute Gasteiger partial charge is 0.376 e. The van der Waals surface area contributed by atoms with E-state index in [9.17, 15) is 5.11 Å². The van der Waals surface area contributed by atoms with Crippen molar-refractivity contribution in [3.63, 3.8) is 0 Å². The molecule has 0 aromatic heterocycles. The highest BCUT2D eigenvalue weighted by atomic mass is 16.3. The minimum Gasteiger partial charge on any atom is -0.376 e. The lowest BCUT2D eigenvalue weighted by atomic mass is 9.77. The molecule has 0 saturated carbocycles. The highest BCUT2D eigenvalue weighted by molar-refractivity contribution is 5.48. The zero-order chi connectivity index (χ0) is 20.6. The van der Waals surface area contributed by atoms with Crippen LogP contribution in [0.3, 0.4) is 0 Å². The van der Waals surface area contributed by atoms with Gasteiger partial charge in [-0.2, -0.15) is 0 Å². The molecule has 1 nitrogen and oxygen atoms in total. The minimum atomic E-state index is -1.19. The molecule has 0 atom stereocenters. The normalized spacial score (nSPS) is 12.8. The summed E-state index contributed by atoms with van der Waals surface area (Å²) in [6, 6.07) is 26.7. The fourth-order valence-corrected chi connectivity index (χ4v) is 3.60. The van der Waals surface area contributed by atoms with Gasteiger partial charge in [-0.1, -0.05) is 120 Å². The van der Waals surface area contributed by atoms with Gasteiger partial charge in [0.2, 0.25) is 0 Å². The molecule has 0 unspecified atom stereocenters. The van der Waals surface area contributed by atoms with Crippen molar-refractivity contribution in [3.05, 3.63) is 107 Å². The predicted molar refractivity (Wildman–Crippen MR) is 119 cm³/mol. The molecule has 0 radical (unpaired) electrons. The van der Waals surface area contributed by atoms with E-state index >= 15 is 0 Å². The molecule has 0 aliphatic heterocycles. The van der Waals surface area contributed by atoms with Crippen molar-refractivity contribution < 1.29 is 5.11 Å². The fraction of sp³-hybridized carbons (Fsp3) is 0.333. The lowest BCUT2D eigenvalue weighted by Gasteiger charge is -2.31. The van der Waals surface area contributed by atoms with Gasteiger partial charge in [0.15, 0.2) is 0 Å². The van der Waals surface area contributed by atoms with E-state index in [4.69, 9.17) is 0 Å². The molecule has 0 amide bonds. The van der Waals surface area contributed by atoms with Gasteiger partial charge < -0.3 is 5.11 Å². The van der Waals surface area contributed by atoms with Crippen molar-refractivity contribution in [1.29, 1.82) is 0 Å². The van der Waals surface area contributed by atoms with Crippen LogP contribution in [0, 0.1) is 0 Å². The summed E-state index contributed by atoms with van der Waals surface area (Å²) >= 11 is 0. The molecule has 0 aliphatic rings. The lowest BCUT2D eigenvalue weighted by molar-refractivity contribution is 0.125. The van der Waals surface area contributed by atoms with Crippen LogP contribution in [-0.2, 0) is 16.4 Å². The number of rotatable bonds is 3. The number of hydrogen-bond donors (Lipinski definition) is 1. The van der Waals surface area contributed by atoms with Crippen LogP contribution in [0.2, 0.25) is 0 Å². The van der Waals surface area contributed by atoms with E-state index in [1.54, 1.807) is 0 Å². The van der Waals surface area contributed by atoms with Crippen LogP contribution in [0.1, 0.15) is 69.4 Å². The fourth-order valence-electron chi connectivity index (χ4n) is 3.60. The third-order valence-electron chi connectivity index (χ3n) is 5.53. The van der Waals surface area contributed by atoms with Gasteiger partial charge in [-0.25, -0.2) is 0 Å². The summed E-state index contributed by atoms with van der Waals surface area (Å²) in [6.07, 6.45) is 0. The van der Waals surface area contributed by atoms with Crippen molar-refractivity contribution in [2.75, 3.05) is 0 Å². The van der Waals surface area contributed by atoms with E-state index < -0.39 is 5.60 Å². The van der Waals surface area contributed by atoms with E-state index in [1.165, 1.54) is 11.1 Å². The molecule has 3 aromatic rings. The molecule has 0 saturated heterocycles. The van der Waals surface area contributed by atoms with Crippen molar-refractivity contribution in [2.24, 2.45) is 0 Å². The van der Waals surface area contributed by atoms with E-state index in [2.05, 4.69) is 90.1 Å². The summed E-state index contributed by atoms with van der Waals surface area (Å²) in [4.78, 5) is 0. The second-order valence-electron chi connectivity index (χ2n) is 9.73. The molecular formula is C27H32O. The van der Waals surface area contributed by atoms with Crippen LogP contribution in [0.5, 0.6) is 0 Å². The third-order valence-corrected chi connectivity index (χ3v) is 5.53. The Labute approximate surface area is 170 Å². The zero-order valence-electron chi connectivity index (χ0n) is 18.0. The van der Waals surface area contributed by atoms with E-state index in [1.807, 2.05) is 30.3 Å². The molecule has 3 aromatic carbocycles. The Kier molecular flexibility index (Phi) is 5.25. The molecule has 0 spiro atoms. The quantitative estimate of drug-likeness (QED) is 0.516. The van der Waals surface area contributed by atoms with Crippen molar-refractivity contribution in [3.8, 4) is 0 Å². The van der Waals surface area contributed by atoms with Crippen LogP contribution >= 0.6 is 0 Å². The maximum absolute atomic E-state index is 12.0. The summed E-state index contributed by atoms with van der Waals surface area (Å²) in [5, 5.41) is 12.0. The first kappa shape index (κ1) is 20.4. The van der Waals surface area contributed by atoms with Crippen molar-refractivity contribution in [2.45, 2.75) is 58.0 Å². The summed E-state index contributed by atoms with van der Waals surface area (Å²) in [6.45, 7) is 13.2.